The van der Waals surface area contributed by atoms with Crippen LogP contribution in [0.5, 0.6) is 0 Å². The molecule has 14 nitrogen and oxygen atoms in total. The quantitative estimate of drug-likeness (QED) is 0.0848. The normalized spacial score (nSPS) is 11.5. The second kappa shape index (κ2) is 23.1. The zero-order chi connectivity index (χ0) is 43.4. The topological polar surface area (TPSA) is 251 Å². The molecule has 308 valence electrons. The Kier molecular flexibility index (Phi) is 18.1. The highest BCUT2D eigenvalue weighted by Crippen LogP contribution is 2.14. The molecule has 0 aliphatic heterocycles. The Morgan fingerprint density at radius 1 is 0.627 bits per heavy atom. The predicted molar refractivity (Wildman–Crippen MR) is 226 cm³/mol. The number of alkyl carbamates (subject to hydrolysis) is 1. The van der Waals surface area contributed by atoms with E-state index in [1.807, 2.05) is 109 Å². The van der Waals surface area contributed by atoms with Crippen LogP contribution >= 0.6 is 0 Å². The molecular formula is C45H50N6O8. The fourth-order valence-corrected chi connectivity index (χ4v) is 5.16. The second-order valence-corrected chi connectivity index (χ2v) is 14.1. The van der Waals surface area contributed by atoms with E-state index in [1.54, 1.807) is 32.9 Å². The lowest BCUT2D eigenvalue weighted by Gasteiger charge is -2.22. The lowest BCUT2D eigenvalue weighted by molar-refractivity contribution is -0.140. The SMILES string of the molecule is CC(C)(C)OC(=O)N[C@H](CCc1ccccc1)C(=O)O.NC(=O)c1cnc2ccccc2c1.NC(=O)c1cnc2ccccc2c1.N[C@H](CCc1ccccc1)C(=O)O. The lowest BCUT2D eigenvalue weighted by atomic mass is 10.1. The molecule has 0 bridgehead atoms. The van der Waals surface area contributed by atoms with E-state index in [4.69, 9.17) is 32.2 Å². The molecule has 0 radical (unpaired) electrons. The van der Waals surface area contributed by atoms with E-state index in [9.17, 15) is 24.0 Å². The van der Waals surface area contributed by atoms with Gasteiger partial charge in [-0.05, 0) is 81.8 Å². The fourth-order valence-electron chi connectivity index (χ4n) is 5.16. The first-order valence-corrected chi connectivity index (χ1v) is 18.6. The molecule has 0 aliphatic rings. The number of aromatic nitrogens is 2. The molecular weight excluding hydrogens is 753 g/mol. The summed E-state index contributed by atoms with van der Waals surface area (Å²) in [4.78, 5) is 63.0. The van der Waals surface area contributed by atoms with Gasteiger partial charge in [0.25, 0.3) is 0 Å². The number of carbonyl (C=O) groups is 5. The van der Waals surface area contributed by atoms with Crippen LogP contribution in [0.25, 0.3) is 21.8 Å². The highest BCUT2D eigenvalue weighted by Gasteiger charge is 2.23. The molecule has 6 aromatic rings. The van der Waals surface area contributed by atoms with E-state index < -0.39 is 47.5 Å². The van der Waals surface area contributed by atoms with Crippen molar-refractivity contribution in [3.05, 3.63) is 156 Å². The number of benzene rings is 4. The summed E-state index contributed by atoms with van der Waals surface area (Å²) >= 11 is 0. The molecule has 0 spiro atoms. The lowest BCUT2D eigenvalue weighted by Crippen LogP contribution is -2.43. The van der Waals surface area contributed by atoms with Crippen molar-refractivity contribution in [1.82, 2.24) is 15.3 Å². The number of aliphatic carboxylic acids is 2. The van der Waals surface area contributed by atoms with E-state index >= 15 is 0 Å². The number of rotatable bonds is 11. The molecule has 9 N–H and O–H groups in total. The van der Waals surface area contributed by atoms with Crippen LogP contribution in [0.3, 0.4) is 0 Å². The van der Waals surface area contributed by atoms with Crippen molar-refractivity contribution in [1.29, 1.82) is 0 Å². The minimum absolute atomic E-state index is 0.318. The van der Waals surface area contributed by atoms with Gasteiger partial charge in [0.1, 0.15) is 17.7 Å². The number of amides is 3. The van der Waals surface area contributed by atoms with E-state index in [2.05, 4.69) is 15.3 Å². The summed E-state index contributed by atoms with van der Waals surface area (Å²) in [5.74, 6) is -2.89. The summed E-state index contributed by atoms with van der Waals surface area (Å²) in [6, 6.07) is 36.2. The Morgan fingerprint density at radius 2 is 1.03 bits per heavy atom. The summed E-state index contributed by atoms with van der Waals surface area (Å²) in [6.07, 6.45) is 4.37. The van der Waals surface area contributed by atoms with Gasteiger partial charge >= 0.3 is 18.0 Å². The summed E-state index contributed by atoms with van der Waals surface area (Å²) in [5, 5.41) is 21.9. The van der Waals surface area contributed by atoms with Crippen molar-refractivity contribution in [2.75, 3.05) is 0 Å². The van der Waals surface area contributed by atoms with Gasteiger partial charge in [-0.2, -0.15) is 0 Å². The Bertz CT molecular complexity index is 2210. The number of ether oxygens (including phenoxy) is 1. The van der Waals surface area contributed by atoms with Gasteiger partial charge in [0.05, 0.1) is 22.2 Å². The molecule has 4 aromatic carbocycles. The van der Waals surface area contributed by atoms with E-state index in [1.165, 1.54) is 12.4 Å². The van der Waals surface area contributed by atoms with Gasteiger partial charge in [0, 0.05) is 23.2 Å². The average Bonchev–Trinajstić information content (AvgIpc) is 3.21. The number of nitrogens with two attached hydrogens (primary N) is 3. The number of hydrogen-bond donors (Lipinski definition) is 6. The Morgan fingerprint density at radius 3 is 1.42 bits per heavy atom. The molecule has 2 atom stereocenters. The van der Waals surface area contributed by atoms with Gasteiger partial charge in [0.15, 0.2) is 0 Å². The molecule has 14 heteroatoms. The average molecular weight is 803 g/mol. The van der Waals surface area contributed by atoms with Gasteiger partial charge in [-0.1, -0.05) is 97.1 Å². The van der Waals surface area contributed by atoms with Crippen LogP contribution < -0.4 is 22.5 Å². The number of pyridine rings is 2. The molecule has 59 heavy (non-hydrogen) atoms. The van der Waals surface area contributed by atoms with Crippen molar-refractivity contribution < 1.29 is 38.9 Å². The van der Waals surface area contributed by atoms with Crippen molar-refractivity contribution >= 4 is 51.7 Å². The maximum Gasteiger partial charge on any atom is 0.408 e. The van der Waals surface area contributed by atoms with E-state index in [0.29, 0.717) is 36.8 Å². The molecule has 0 unspecified atom stereocenters. The number of carboxylic acid groups (broad SMARTS) is 2. The maximum atomic E-state index is 11.6. The highest BCUT2D eigenvalue weighted by molar-refractivity contribution is 5.96. The maximum absolute atomic E-state index is 11.6. The molecule has 0 fully saturated rings. The van der Waals surface area contributed by atoms with Gasteiger partial charge in [-0.3, -0.25) is 24.4 Å². The summed E-state index contributed by atoms with van der Waals surface area (Å²) < 4.78 is 5.06. The zero-order valence-corrected chi connectivity index (χ0v) is 33.2. The monoisotopic (exact) mass is 802 g/mol. The third-order valence-corrected chi connectivity index (χ3v) is 8.21. The smallest absolute Gasteiger partial charge is 0.408 e. The number of para-hydroxylation sites is 2. The second-order valence-electron chi connectivity index (χ2n) is 14.1. The molecule has 0 saturated heterocycles. The first-order valence-electron chi connectivity index (χ1n) is 18.6. The van der Waals surface area contributed by atoms with Gasteiger partial charge < -0.3 is 37.5 Å². The Balaban J connectivity index is 0.000000214. The van der Waals surface area contributed by atoms with E-state index in [0.717, 1.165) is 32.9 Å². The van der Waals surface area contributed by atoms with Crippen molar-refractivity contribution in [2.24, 2.45) is 17.2 Å². The van der Waals surface area contributed by atoms with Crippen molar-refractivity contribution in [3.8, 4) is 0 Å². The number of carboxylic acids is 2. The fraction of sp³-hybridized carbons (Fsp3) is 0.222. The zero-order valence-electron chi connectivity index (χ0n) is 33.2. The Labute approximate surface area is 342 Å². The van der Waals surface area contributed by atoms with Crippen LogP contribution in [0.1, 0.15) is 65.5 Å². The van der Waals surface area contributed by atoms with Gasteiger partial charge in [-0.25, -0.2) is 9.59 Å². The minimum atomic E-state index is -1.06. The molecule has 0 aliphatic carbocycles. The van der Waals surface area contributed by atoms with Crippen molar-refractivity contribution in [3.63, 3.8) is 0 Å². The van der Waals surface area contributed by atoms with Gasteiger partial charge in [0.2, 0.25) is 11.8 Å². The van der Waals surface area contributed by atoms with E-state index in [-0.39, 0.29) is 0 Å². The third kappa shape index (κ3) is 17.2. The number of nitrogens with zero attached hydrogens (tertiary/aromatic N) is 2. The Hall–Kier alpha value is -7.19. The minimum Gasteiger partial charge on any atom is -0.480 e. The molecule has 0 saturated carbocycles. The van der Waals surface area contributed by atoms with Crippen LogP contribution in [0.4, 0.5) is 4.79 Å². The highest BCUT2D eigenvalue weighted by atomic mass is 16.6. The standard InChI is InChI=1S/C15H21NO4.2C10H8N2O.C10H13NO2/c1-15(2,3)20-14(19)16-12(13(17)18)10-9-11-7-5-4-6-8-11;2*11-10(13)8-5-7-3-1-2-4-9(7)12-6-8;11-9(10(12)13)7-6-8-4-2-1-3-5-8/h4-8,12H,9-10H2,1-3H3,(H,16,19)(H,17,18);2*1-6H,(H2,11,13);1-5,9H,6-7,11H2,(H,12,13)/t12-;;;9-/m1..1/s1. The molecule has 2 aromatic heterocycles. The van der Waals surface area contributed by atoms with Crippen LogP contribution in [0.15, 0.2) is 134 Å². The third-order valence-electron chi connectivity index (χ3n) is 8.21. The number of hydrogen-bond acceptors (Lipinski definition) is 9. The van der Waals surface area contributed by atoms with Crippen LogP contribution in [0.2, 0.25) is 0 Å². The number of aryl methyl sites for hydroxylation is 2. The largest absolute Gasteiger partial charge is 0.480 e. The number of carbonyl (C=O) groups excluding carboxylic acids is 3. The van der Waals surface area contributed by atoms with Gasteiger partial charge in [-0.15, -0.1) is 0 Å². The predicted octanol–water partition coefficient (Wildman–Crippen LogP) is 6.30. The van der Waals surface area contributed by atoms with Crippen LogP contribution in [-0.4, -0.2) is 67.7 Å². The first kappa shape index (κ1) is 46.2. The number of nitrogens with one attached hydrogen (secondary N) is 1. The van der Waals surface area contributed by atoms with Crippen LogP contribution in [-0.2, 0) is 27.2 Å². The number of primary amides is 2. The van der Waals surface area contributed by atoms with Crippen LogP contribution in [0, 0.1) is 0 Å². The first-order chi connectivity index (χ1) is 28.0. The molecule has 6 rings (SSSR count). The summed E-state index contributed by atoms with van der Waals surface area (Å²) in [6.45, 7) is 5.19. The number of fused-ring (bicyclic) bond motifs is 2. The molecule has 3 amide bonds. The summed E-state index contributed by atoms with van der Waals surface area (Å²) in [7, 11) is 0. The summed E-state index contributed by atoms with van der Waals surface area (Å²) in [5.41, 5.74) is 19.7. The molecule has 2 heterocycles. The van der Waals surface area contributed by atoms with Crippen molar-refractivity contribution in [2.45, 2.75) is 64.1 Å².